The molecule has 0 saturated heterocycles. The van der Waals surface area contributed by atoms with E-state index in [2.05, 4.69) is 14.9 Å². The molecule has 0 saturated carbocycles. The van der Waals surface area contributed by atoms with Crippen LogP contribution in [0.5, 0.6) is 0 Å². The quantitative estimate of drug-likeness (QED) is 0.571. The van der Waals surface area contributed by atoms with Crippen LogP contribution in [0.4, 0.5) is 0 Å². The van der Waals surface area contributed by atoms with Crippen molar-refractivity contribution in [3.63, 3.8) is 0 Å². The molecule has 4 heteroatoms. The molecule has 0 aromatic carbocycles. The summed E-state index contributed by atoms with van der Waals surface area (Å²) in [6.45, 7) is 3.33. The van der Waals surface area contributed by atoms with E-state index >= 15 is 0 Å². The van der Waals surface area contributed by atoms with Gasteiger partial charge in [-0.1, -0.05) is 6.92 Å². The van der Waals surface area contributed by atoms with Gasteiger partial charge in [-0.2, -0.15) is 0 Å². The second-order valence-electron chi connectivity index (χ2n) is 1.96. The van der Waals surface area contributed by atoms with E-state index in [-0.39, 0.29) is 11.5 Å². The first-order chi connectivity index (χ1) is 4.75. The normalized spacial score (nSPS) is 9.80. The fourth-order valence-corrected chi connectivity index (χ4v) is 0.707. The summed E-state index contributed by atoms with van der Waals surface area (Å²) in [5, 5.41) is 6.89. The van der Waals surface area contributed by atoms with E-state index in [1.54, 1.807) is 0 Å². The largest absolute Gasteiger partial charge is 0.333 e. The molecule has 0 radical (unpaired) electrons. The molecule has 54 valence electrons. The highest BCUT2D eigenvalue weighted by atomic mass is 16.5. The first kappa shape index (κ1) is 6.92. The van der Waals surface area contributed by atoms with E-state index < -0.39 is 0 Å². The zero-order valence-electron chi connectivity index (χ0n) is 5.92. The van der Waals surface area contributed by atoms with Gasteiger partial charge in [0.05, 0.1) is 0 Å². The number of hydrogen-bond acceptors (Lipinski definition) is 4. The van der Waals surface area contributed by atoms with Crippen LogP contribution in [0.2, 0.25) is 0 Å². The first-order valence-corrected chi connectivity index (χ1v) is 3.08. The summed E-state index contributed by atoms with van der Waals surface area (Å²) in [6, 6.07) is 0. The molecule has 0 fully saturated rings. The minimum atomic E-state index is -0.123. The zero-order chi connectivity index (χ0) is 7.56. The van der Waals surface area contributed by atoms with Crippen molar-refractivity contribution in [3.05, 3.63) is 11.5 Å². The Morgan fingerprint density at radius 1 is 1.70 bits per heavy atom. The highest BCUT2D eigenvalue weighted by Gasteiger charge is 2.11. The van der Waals surface area contributed by atoms with Crippen LogP contribution in [0.15, 0.2) is 4.52 Å². The maximum Gasteiger partial charge on any atom is 0.225 e. The Bertz CT molecular complexity index is 242. The highest BCUT2D eigenvalue weighted by Crippen LogP contribution is 2.04. The molecule has 1 heterocycles. The van der Waals surface area contributed by atoms with Gasteiger partial charge in [0.25, 0.3) is 0 Å². The highest BCUT2D eigenvalue weighted by molar-refractivity contribution is 5.92. The molecule has 0 N–H and O–H groups in total. The topological polar surface area (TPSA) is 56.0 Å². The van der Waals surface area contributed by atoms with Crippen molar-refractivity contribution < 1.29 is 9.32 Å². The molecule has 0 bridgehead atoms. The number of hydrogen-bond donors (Lipinski definition) is 0. The van der Waals surface area contributed by atoms with Crippen molar-refractivity contribution in [2.75, 3.05) is 0 Å². The Labute approximate surface area is 58.2 Å². The second kappa shape index (κ2) is 2.60. The molecule has 0 aliphatic rings. The van der Waals surface area contributed by atoms with Crippen LogP contribution in [-0.4, -0.2) is 16.2 Å². The maximum atomic E-state index is 10.7. The van der Waals surface area contributed by atoms with Gasteiger partial charge in [-0.3, -0.25) is 4.79 Å². The van der Waals surface area contributed by atoms with E-state index in [1.807, 2.05) is 6.92 Å². The summed E-state index contributed by atoms with van der Waals surface area (Å²) in [5.74, 6) is 0.157. The van der Waals surface area contributed by atoms with Crippen LogP contribution >= 0.6 is 0 Å². The van der Waals surface area contributed by atoms with E-state index in [0.29, 0.717) is 12.1 Å². The second-order valence-corrected chi connectivity index (χ2v) is 1.96. The van der Waals surface area contributed by atoms with Gasteiger partial charge in [-0.25, -0.2) is 0 Å². The van der Waals surface area contributed by atoms with Crippen LogP contribution in [0, 0.1) is 0 Å². The molecule has 1 rings (SSSR count). The van der Waals surface area contributed by atoms with Crippen molar-refractivity contribution >= 4 is 5.78 Å². The van der Waals surface area contributed by atoms with Gasteiger partial charge in [-0.05, 0) is 6.42 Å². The van der Waals surface area contributed by atoms with Crippen molar-refractivity contribution in [1.82, 2.24) is 10.4 Å². The van der Waals surface area contributed by atoms with Crippen LogP contribution in [0.3, 0.4) is 0 Å². The third kappa shape index (κ3) is 1.05. The fourth-order valence-electron chi connectivity index (χ4n) is 0.707. The van der Waals surface area contributed by atoms with Crippen LogP contribution in [0.25, 0.3) is 0 Å². The number of Topliss-reactive ketones (excluding diaryl/α,β-unsaturated/α-hetero) is 1. The van der Waals surface area contributed by atoms with Gasteiger partial charge >= 0.3 is 0 Å². The predicted molar refractivity (Wildman–Crippen MR) is 33.7 cm³/mol. The SMILES string of the molecule is CCc1nnoc1C(C)=O. The summed E-state index contributed by atoms with van der Waals surface area (Å²) in [6.07, 6.45) is 0.679. The van der Waals surface area contributed by atoms with Gasteiger partial charge in [0, 0.05) is 12.2 Å². The lowest BCUT2D eigenvalue weighted by Gasteiger charge is -1.86. The van der Waals surface area contributed by atoms with E-state index in [1.165, 1.54) is 6.92 Å². The number of carbonyl (C=O) groups excluding carboxylic acids is 1. The average molecular weight is 140 g/mol. The monoisotopic (exact) mass is 140 g/mol. The molecule has 0 spiro atoms. The smallest absolute Gasteiger partial charge is 0.225 e. The van der Waals surface area contributed by atoms with E-state index in [0.717, 1.165) is 0 Å². The summed E-state index contributed by atoms with van der Waals surface area (Å²) in [5.41, 5.74) is 0.632. The average Bonchev–Trinajstić information content (AvgIpc) is 2.33. The van der Waals surface area contributed by atoms with Crippen LogP contribution in [-0.2, 0) is 6.42 Å². The van der Waals surface area contributed by atoms with Crippen LogP contribution in [0.1, 0.15) is 30.1 Å². The van der Waals surface area contributed by atoms with Crippen molar-refractivity contribution in [2.24, 2.45) is 0 Å². The predicted octanol–water partition coefficient (Wildman–Crippen LogP) is 0.835. The number of nitrogens with zero attached hydrogens (tertiary/aromatic N) is 2. The van der Waals surface area contributed by atoms with Gasteiger partial charge in [0.2, 0.25) is 5.76 Å². The lowest BCUT2D eigenvalue weighted by Crippen LogP contribution is -1.94. The van der Waals surface area contributed by atoms with Gasteiger partial charge in [-0.15, -0.1) is 5.10 Å². The number of rotatable bonds is 2. The molecule has 0 amide bonds. The summed E-state index contributed by atoms with van der Waals surface area (Å²) < 4.78 is 4.61. The molecule has 0 aliphatic heterocycles. The van der Waals surface area contributed by atoms with Crippen molar-refractivity contribution in [1.29, 1.82) is 0 Å². The maximum absolute atomic E-state index is 10.7. The molecule has 4 nitrogen and oxygen atoms in total. The van der Waals surface area contributed by atoms with Gasteiger partial charge in [0.1, 0.15) is 5.69 Å². The van der Waals surface area contributed by atoms with Gasteiger partial charge in [0.15, 0.2) is 5.78 Å². The standard InChI is InChI=1S/C6H8N2O2/c1-3-5-6(4(2)9)10-8-7-5/h3H2,1-2H3. The zero-order valence-corrected chi connectivity index (χ0v) is 5.92. The summed E-state index contributed by atoms with van der Waals surface area (Å²) >= 11 is 0. The Morgan fingerprint density at radius 3 is 2.80 bits per heavy atom. The lowest BCUT2D eigenvalue weighted by atomic mass is 10.2. The van der Waals surface area contributed by atoms with Crippen LogP contribution < -0.4 is 0 Å². The number of ketones is 1. The summed E-state index contributed by atoms with van der Waals surface area (Å²) in [4.78, 5) is 10.7. The molecule has 0 unspecified atom stereocenters. The molecule has 1 aromatic heterocycles. The Hall–Kier alpha value is -1.19. The molecule has 0 aliphatic carbocycles. The fraction of sp³-hybridized carbons (Fsp3) is 0.500. The molecule has 1 aromatic rings. The Kier molecular flexibility index (Phi) is 1.80. The number of aromatic nitrogens is 2. The third-order valence-electron chi connectivity index (χ3n) is 1.21. The van der Waals surface area contributed by atoms with Crippen molar-refractivity contribution in [2.45, 2.75) is 20.3 Å². The van der Waals surface area contributed by atoms with E-state index in [9.17, 15) is 4.79 Å². The minimum Gasteiger partial charge on any atom is -0.333 e. The number of aryl methyl sites for hydroxylation is 1. The Balaban J connectivity index is 3.01. The van der Waals surface area contributed by atoms with Crippen molar-refractivity contribution in [3.8, 4) is 0 Å². The number of carbonyl (C=O) groups is 1. The Morgan fingerprint density at radius 2 is 2.40 bits per heavy atom. The van der Waals surface area contributed by atoms with Gasteiger partial charge < -0.3 is 4.52 Å². The minimum absolute atomic E-state index is 0.123. The summed E-state index contributed by atoms with van der Waals surface area (Å²) in [7, 11) is 0. The van der Waals surface area contributed by atoms with E-state index in [4.69, 9.17) is 0 Å². The molecule has 10 heavy (non-hydrogen) atoms. The molecular weight excluding hydrogens is 132 g/mol. The lowest BCUT2D eigenvalue weighted by molar-refractivity contribution is 0.0976. The molecule has 0 atom stereocenters. The first-order valence-electron chi connectivity index (χ1n) is 3.08. The third-order valence-corrected chi connectivity index (χ3v) is 1.21. The molecular formula is C6H8N2O2.